The van der Waals surface area contributed by atoms with Crippen molar-refractivity contribution in [1.29, 1.82) is 0 Å². The molecule has 58 valence electrons. The molecule has 0 aliphatic rings. The second-order valence-corrected chi connectivity index (χ2v) is 1.84. The molecular weight excluding hydrogens is 150 g/mol. The number of hydrogen-bond acceptors (Lipinski definition) is 4. The third-order valence-corrected chi connectivity index (χ3v) is 1.09. The van der Waals surface area contributed by atoms with Crippen molar-refractivity contribution in [3.63, 3.8) is 0 Å². The molecule has 0 aromatic carbocycles. The Hall–Kier alpha value is -1.72. The van der Waals surface area contributed by atoms with Crippen LogP contribution in [0.1, 0.15) is 0 Å². The molecule has 0 aliphatic carbocycles. The molecule has 0 spiro atoms. The Morgan fingerprint density at radius 1 is 1.82 bits per heavy atom. The van der Waals surface area contributed by atoms with E-state index < -0.39 is 4.92 Å². The SMILES string of the molecule is O=CCn1cc([N+](=O)[O-])cn1. The van der Waals surface area contributed by atoms with Crippen molar-refractivity contribution in [2.75, 3.05) is 0 Å². The van der Waals surface area contributed by atoms with Gasteiger partial charge in [-0.1, -0.05) is 0 Å². The van der Waals surface area contributed by atoms with Crippen molar-refractivity contribution >= 4 is 12.0 Å². The fourth-order valence-corrected chi connectivity index (χ4v) is 0.623. The zero-order valence-corrected chi connectivity index (χ0v) is 5.51. The molecule has 0 N–H and O–H groups in total. The van der Waals surface area contributed by atoms with Gasteiger partial charge in [-0.25, -0.2) is 0 Å². The Labute approximate surface area is 61.6 Å². The molecule has 0 saturated heterocycles. The van der Waals surface area contributed by atoms with Crippen LogP contribution in [-0.4, -0.2) is 21.0 Å². The maximum Gasteiger partial charge on any atom is 0.307 e. The highest BCUT2D eigenvalue weighted by atomic mass is 16.6. The van der Waals surface area contributed by atoms with Gasteiger partial charge in [0, 0.05) is 0 Å². The summed E-state index contributed by atoms with van der Waals surface area (Å²) in [5.74, 6) is 0. The van der Waals surface area contributed by atoms with E-state index in [1.54, 1.807) is 0 Å². The number of aldehydes is 1. The maximum absolute atomic E-state index is 10.1. The van der Waals surface area contributed by atoms with Gasteiger partial charge in [0.25, 0.3) is 0 Å². The first-order chi connectivity index (χ1) is 5.24. The minimum absolute atomic E-state index is 0.0494. The van der Waals surface area contributed by atoms with E-state index in [0.717, 1.165) is 6.20 Å². The van der Waals surface area contributed by atoms with Gasteiger partial charge in [-0.2, -0.15) is 5.10 Å². The summed E-state index contributed by atoms with van der Waals surface area (Å²) in [6.45, 7) is 0.0494. The average Bonchev–Trinajstić information content (AvgIpc) is 2.37. The molecule has 1 aromatic heterocycles. The fraction of sp³-hybridized carbons (Fsp3) is 0.200. The third-order valence-electron chi connectivity index (χ3n) is 1.09. The minimum atomic E-state index is -0.561. The standard InChI is InChI=1S/C5H5N3O3/c9-2-1-7-4-5(3-6-7)8(10)11/h2-4H,1H2. The van der Waals surface area contributed by atoms with Crippen molar-refractivity contribution in [3.05, 3.63) is 22.5 Å². The summed E-state index contributed by atoms with van der Waals surface area (Å²) >= 11 is 0. The molecule has 0 radical (unpaired) electrons. The highest BCUT2D eigenvalue weighted by Crippen LogP contribution is 2.06. The van der Waals surface area contributed by atoms with Crippen LogP contribution in [0.15, 0.2) is 12.4 Å². The second kappa shape index (κ2) is 2.91. The predicted octanol–water partition coefficient (Wildman–Crippen LogP) is -0.00980. The summed E-state index contributed by atoms with van der Waals surface area (Å²) in [4.78, 5) is 19.4. The lowest BCUT2D eigenvalue weighted by Gasteiger charge is -1.86. The number of rotatable bonds is 3. The van der Waals surface area contributed by atoms with Gasteiger partial charge in [-0.15, -0.1) is 0 Å². The van der Waals surface area contributed by atoms with Crippen LogP contribution in [0.4, 0.5) is 5.69 Å². The first-order valence-corrected chi connectivity index (χ1v) is 2.84. The first kappa shape index (κ1) is 7.39. The molecule has 6 heteroatoms. The van der Waals surface area contributed by atoms with E-state index in [1.807, 2.05) is 0 Å². The Morgan fingerprint density at radius 3 is 3.00 bits per heavy atom. The van der Waals surface area contributed by atoms with Crippen LogP contribution in [0.3, 0.4) is 0 Å². The van der Waals surface area contributed by atoms with E-state index in [-0.39, 0.29) is 12.2 Å². The molecule has 0 atom stereocenters. The van der Waals surface area contributed by atoms with Crippen LogP contribution in [0.25, 0.3) is 0 Å². The van der Waals surface area contributed by atoms with Gasteiger partial charge in [-0.05, 0) is 0 Å². The molecule has 0 bridgehead atoms. The minimum Gasteiger partial charge on any atom is -0.301 e. The number of nitro groups is 1. The molecule has 11 heavy (non-hydrogen) atoms. The Balaban J connectivity index is 2.81. The lowest BCUT2D eigenvalue weighted by Crippen LogP contribution is -1.98. The summed E-state index contributed by atoms with van der Waals surface area (Å²) in [7, 11) is 0. The fourth-order valence-electron chi connectivity index (χ4n) is 0.623. The summed E-state index contributed by atoms with van der Waals surface area (Å²) in [5.41, 5.74) is -0.105. The quantitative estimate of drug-likeness (QED) is 0.349. The summed E-state index contributed by atoms with van der Waals surface area (Å²) in [5, 5.41) is 13.7. The number of carbonyl (C=O) groups excluding carboxylic acids is 1. The molecule has 0 fully saturated rings. The topological polar surface area (TPSA) is 78.0 Å². The van der Waals surface area contributed by atoms with E-state index in [1.165, 1.54) is 10.9 Å². The van der Waals surface area contributed by atoms with Gasteiger partial charge >= 0.3 is 5.69 Å². The molecule has 1 aromatic rings. The van der Waals surface area contributed by atoms with Crippen LogP contribution in [0.2, 0.25) is 0 Å². The van der Waals surface area contributed by atoms with Crippen LogP contribution < -0.4 is 0 Å². The third kappa shape index (κ3) is 1.60. The normalized spacial score (nSPS) is 9.45. The number of aromatic nitrogens is 2. The summed E-state index contributed by atoms with van der Waals surface area (Å²) < 4.78 is 1.20. The van der Waals surface area contributed by atoms with Gasteiger partial charge in [0.1, 0.15) is 18.7 Å². The zero-order valence-electron chi connectivity index (χ0n) is 5.51. The highest BCUT2D eigenvalue weighted by Gasteiger charge is 2.07. The summed E-state index contributed by atoms with van der Waals surface area (Å²) in [6, 6.07) is 0. The van der Waals surface area contributed by atoms with E-state index in [2.05, 4.69) is 5.10 Å². The van der Waals surface area contributed by atoms with E-state index in [9.17, 15) is 14.9 Å². The lowest BCUT2D eigenvalue weighted by atomic mass is 10.6. The second-order valence-electron chi connectivity index (χ2n) is 1.84. The van der Waals surface area contributed by atoms with Crippen LogP contribution >= 0.6 is 0 Å². The molecule has 6 nitrogen and oxygen atoms in total. The Bertz CT molecular complexity index is 280. The lowest BCUT2D eigenvalue weighted by molar-refractivity contribution is -0.385. The van der Waals surface area contributed by atoms with Gasteiger partial charge in [-0.3, -0.25) is 14.8 Å². The zero-order chi connectivity index (χ0) is 8.27. The summed E-state index contributed by atoms with van der Waals surface area (Å²) in [6.07, 6.45) is 2.93. The molecule has 0 amide bonds. The van der Waals surface area contributed by atoms with Crippen LogP contribution in [0, 0.1) is 10.1 Å². The monoisotopic (exact) mass is 155 g/mol. The molecule has 1 rings (SSSR count). The van der Waals surface area contributed by atoms with Gasteiger partial charge in [0.05, 0.1) is 11.5 Å². The number of carbonyl (C=O) groups is 1. The Morgan fingerprint density at radius 2 is 2.55 bits per heavy atom. The van der Waals surface area contributed by atoms with Crippen molar-refractivity contribution in [1.82, 2.24) is 9.78 Å². The number of nitrogens with zero attached hydrogens (tertiary/aromatic N) is 3. The largest absolute Gasteiger partial charge is 0.307 e. The average molecular weight is 155 g/mol. The van der Waals surface area contributed by atoms with Gasteiger partial charge in [0.2, 0.25) is 0 Å². The number of hydrogen-bond donors (Lipinski definition) is 0. The van der Waals surface area contributed by atoms with Crippen LogP contribution in [-0.2, 0) is 11.3 Å². The smallest absolute Gasteiger partial charge is 0.301 e. The van der Waals surface area contributed by atoms with Crippen molar-refractivity contribution < 1.29 is 9.72 Å². The molecule has 1 heterocycles. The molecule has 0 aliphatic heterocycles. The molecule has 0 unspecified atom stereocenters. The first-order valence-electron chi connectivity index (χ1n) is 2.84. The van der Waals surface area contributed by atoms with E-state index in [0.29, 0.717) is 6.29 Å². The van der Waals surface area contributed by atoms with Crippen molar-refractivity contribution in [2.24, 2.45) is 0 Å². The van der Waals surface area contributed by atoms with Crippen molar-refractivity contribution in [3.8, 4) is 0 Å². The molecular formula is C5H5N3O3. The molecule has 0 saturated carbocycles. The van der Waals surface area contributed by atoms with Gasteiger partial charge < -0.3 is 4.79 Å². The van der Waals surface area contributed by atoms with E-state index >= 15 is 0 Å². The highest BCUT2D eigenvalue weighted by molar-refractivity contribution is 5.49. The van der Waals surface area contributed by atoms with Crippen LogP contribution in [0.5, 0.6) is 0 Å². The van der Waals surface area contributed by atoms with Crippen molar-refractivity contribution in [2.45, 2.75) is 6.54 Å². The van der Waals surface area contributed by atoms with E-state index in [4.69, 9.17) is 0 Å². The Kier molecular flexibility index (Phi) is 1.95. The van der Waals surface area contributed by atoms with Gasteiger partial charge in [0.15, 0.2) is 0 Å². The maximum atomic E-state index is 10.1. The predicted molar refractivity (Wildman–Crippen MR) is 34.9 cm³/mol.